The molecule has 0 radical (unpaired) electrons. The van der Waals surface area contributed by atoms with Gasteiger partial charge < -0.3 is 20.1 Å². The lowest BCUT2D eigenvalue weighted by atomic mass is 9.83. The summed E-state index contributed by atoms with van der Waals surface area (Å²) in [6.07, 6.45) is -0.0451. The van der Waals surface area contributed by atoms with Crippen LogP contribution in [-0.2, 0) is 25.0 Å². The lowest BCUT2D eigenvalue weighted by Gasteiger charge is -2.45. The lowest BCUT2D eigenvalue weighted by molar-refractivity contribution is -0.141. The SMILES string of the molecule is CN(C(=O)O)c1ccc(C(=O)N[C@@H](CCS(C)(=O)=O)C(=O)N2CCC[C@@]3(C2)OC(=O)Nc2ccc(Cl)cc23)cc1. The smallest absolute Gasteiger partial charge is 0.412 e. The summed E-state index contributed by atoms with van der Waals surface area (Å²) in [5.41, 5.74) is 0.484. The molecule has 40 heavy (non-hydrogen) atoms. The number of nitrogens with one attached hydrogen (secondary N) is 2. The van der Waals surface area contributed by atoms with Gasteiger partial charge >= 0.3 is 12.2 Å². The van der Waals surface area contributed by atoms with Crippen LogP contribution in [-0.4, -0.2) is 80.6 Å². The molecule has 2 aromatic carbocycles. The number of halogens is 1. The Hall–Kier alpha value is -3.84. The summed E-state index contributed by atoms with van der Waals surface area (Å²) in [5, 5.41) is 14.8. The van der Waals surface area contributed by atoms with E-state index in [4.69, 9.17) is 21.4 Å². The summed E-state index contributed by atoms with van der Waals surface area (Å²) in [7, 11) is -2.11. The van der Waals surface area contributed by atoms with Crippen molar-refractivity contribution in [2.75, 3.05) is 42.4 Å². The van der Waals surface area contributed by atoms with Gasteiger partial charge in [0.1, 0.15) is 15.9 Å². The van der Waals surface area contributed by atoms with E-state index < -0.39 is 45.5 Å². The highest BCUT2D eigenvalue weighted by molar-refractivity contribution is 7.90. The topological polar surface area (TPSA) is 162 Å². The highest BCUT2D eigenvalue weighted by Gasteiger charge is 2.47. The molecule has 1 spiro atoms. The number of hydrogen-bond donors (Lipinski definition) is 3. The van der Waals surface area contributed by atoms with Gasteiger partial charge in [-0.2, -0.15) is 0 Å². The van der Waals surface area contributed by atoms with Crippen LogP contribution in [0.5, 0.6) is 0 Å². The Balaban J connectivity index is 1.57. The van der Waals surface area contributed by atoms with E-state index in [9.17, 15) is 27.6 Å². The van der Waals surface area contributed by atoms with Crippen LogP contribution >= 0.6 is 11.6 Å². The van der Waals surface area contributed by atoms with E-state index in [2.05, 4.69) is 10.6 Å². The molecule has 2 aromatic rings. The van der Waals surface area contributed by atoms with Gasteiger partial charge in [-0.15, -0.1) is 0 Å². The normalized spacial score (nSPS) is 19.2. The first-order valence-corrected chi connectivity index (χ1v) is 14.9. The number of sulfone groups is 1. The second-order valence-electron chi connectivity index (χ2n) is 9.90. The fourth-order valence-corrected chi connectivity index (χ4v) is 5.72. The van der Waals surface area contributed by atoms with Crippen LogP contribution in [0.4, 0.5) is 21.0 Å². The third kappa shape index (κ3) is 6.48. The minimum atomic E-state index is -3.46. The molecule has 214 valence electrons. The predicted molar refractivity (Wildman–Crippen MR) is 147 cm³/mol. The molecule has 2 heterocycles. The van der Waals surface area contributed by atoms with Crippen molar-refractivity contribution in [2.24, 2.45) is 0 Å². The first kappa shape index (κ1) is 29.2. The van der Waals surface area contributed by atoms with Gasteiger partial charge in [-0.1, -0.05) is 11.6 Å². The molecule has 0 aliphatic carbocycles. The zero-order chi connectivity index (χ0) is 29.2. The number of rotatable bonds is 7. The van der Waals surface area contributed by atoms with Crippen molar-refractivity contribution < 1.29 is 37.4 Å². The monoisotopic (exact) mass is 592 g/mol. The highest BCUT2D eigenvalue weighted by Crippen LogP contribution is 2.43. The van der Waals surface area contributed by atoms with Crippen LogP contribution in [0, 0.1) is 0 Å². The number of carboxylic acid groups (broad SMARTS) is 1. The van der Waals surface area contributed by atoms with Crippen molar-refractivity contribution in [1.29, 1.82) is 0 Å². The summed E-state index contributed by atoms with van der Waals surface area (Å²) >= 11 is 6.22. The van der Waals surface area contributed by atoms with Crippen LogP contribution in [0.25, 0.3) is 0 Å². The minimum absolute atomic E-state index is 0.00589. The minimum Gasteiger partial charge on any atom is -0.465 e. The predicted octanol–water partition coefficient (Wildman–Crippen LogP) is 3.07. The third-order valence-corrected chi connectivity index (χ3v) is 8.16. The Labute approximate surface area is 236 Å². The van der Waals surface area contributed by atoms with E-state index in [0.717, 1.165) is 11.2 Å². The molecular formula is C26H29ClN4O8S. The molecule has 0 unspecified atom stereocenters. The molecule has 2 atom stereocenters. The molecule has 4 rings (SSSR count). The summed E-state index contributed by atoms with van der Waals surface area (Å²) in [5.74, 6) is -1.49. The fourth-order valence-electron chi connectivity index (χ4n) is 4.88. The molecule has 0 saturated carbocycles. The van der Waals surface area contributed by atoms with E-state index in [1.54, 1.807) is 18.2 Å². The number of likely N-dealkylation sites (tertiary alicyclic amines) is 1. The molecule has 0 aromatic heterocycles. The number of carbonyl (C=O) groups excluding carboxylic acids is 3. The average molecular weight is 593 g/mol. The summed E-state index contributed by atoms with van der Waals surface area (Å²) in [4.78, 5) is 52.8. The zero-order valence-corrected chi connectivity index (χ0v) is 23.4. The zero-order valence-electron chi connectivity index (χ0n) is 21.8. The number of carbonyl (C=O) groups is 4. The van der Waals surface area contributed by atoms with Gasteiger partial charge in [-0.3, -0.25) is 19.8 Å². The number of hydrogen-bond acceptors (Lipinski definition) is 7. The fraction of sp³-hybridized carbons (Fsp3) is 0.385. The van der Waals surface area contributed by atoms with Gasteiger partial charge in [0.25, 0.3) is 5.91 Å². The highest BCUT2D eigenvalue weighted by atomic mass is 35.5. The summed E-state index contributed by atoms with van der Waals surface area (Å²) in [6, 6.07) is 9.50. The molecule has 0 bridgehead atoms. The van der Waals surface area contributed by atoms with E-state index >= 15 is 0 Å². The van der Waals surface area contributed by atoms with Gasteiger partial charge in [-0.25, -0.2) is 18.0 Å². The number of nitrogens with zero attached hydrogens (tertiary/aromatic N) is 2. The first-order valence-electron chi connectivity index (χ1n) is 12.4. The maximum Gasteiger partial charge on any atom is 0.412 e. The molecular weight excluding hydrogens is 564 g/mol. The Morgan fingerprint density at radius 1 is 1.23 bits per heavy atom. The molecule has 1 fully saturated rings. The molecule has 12 nitrogen and oxygen atoms in total. The van der Waals surface area contributed by atoms with Crippen LogP contribution < -0.4 is 15.5 Å². The Kier molecular flexibility index (Phi) is 8.26. The maximum atomic E-state index is 13.7. The molecule has 1 saturated heterocycles. The standard InChI is InChI=1S/C26H29ClN4O8S/c1-30(25(35)36)18-7-4-16(5-8-18)22(32)28-21(10-13-40(2,37)38)23(33)31-12-3-11-26(15-31)19-14-17(27)6-9-20(19)29-24(34)39-26/h4-9,14,21H,3,10-13,15H2,1-2H3,(H,28,32)(H,29,34)(H,35,36)/t21-,26-/m0/s1. The molecule has 2 aliphatic heterocycles. The van der Waals surface area contributed by atoms with Crippen LogP contribution in [0.2, 0.25) is 5.02 Å². The largest absolute Gasteiger partial charge is 0.465 e. The summed E-state index contributed by atoms with van der Waals surface area (Å²) < 4.78 is 29.6. The van der Waals surface area contributed by atoms with E-state index in [-0.39, 0.29) is 24.3 Å². The Bertz CT molecular complexity index is 1450. The number of piperidine rings is 1. The van der Waals surface area contributed by atoms with Crippen molar-refractivity contribution in [3.63, 3.8) is 0 Å². The molecule has 3 N–H and O–H groups in total. The number of anilines is 2. The van der Waals surface area contributed by atoms with Gasteiger partial charge in [0, 0.05) is 41.7 Å². The van der Waals surface area contributed by atoms with Gasteiger partial charge in [0.2, 0.25) is 5.91 Å². The first-order chi connectivity index (χ1) is 18.8. The average Bonchev–Trinajstić information content (AvgIpc) is 2.90. The van der Waals surface area contributed by atoms with Gasteiger partial charge in [0.15, 0.2) is 5.60 Å². The molecule has 2 aliphatic rings. The van der Waals surface area contributed by atoms with Gasteiger partial charge in [0.05, 0.1) is 18.0 Å². The quantitative estimate of drug-likeness (QED) is 0.442. The van der Waals surface area contributed by atoms with Crippen molar-refractivity contribution in [3.8, 4) is 0 Å². The van der Waals surface area contributed by atoms with Crippen molar-refractivity contribution >= 4 is 56.8 Å². The Morgan fingerprint density at radius 3 is 2.58 bits per heavy atom. The maximum absolute atomic E-state index is 13.7. The van der Waals surface area contributed by atoms with Crippen LogP contribution in [0.3, 0.4) is 0 Å². The van der Waals surface area contributed by atoms with Crippen molar-refractivity contribution in [3.05, 3.63) is 58.6 Å². The lowest BCUT2D eigenvalue weighted by Crippen LogP contribution is -2.57. The number of amides is 4. The van der Waals surface area contributed by atoms with E-state index in [1.165, 1.54) is 36.2 Å². The van der Waals surface area contributed by atoms with Gasteiger partial charge in [-0.05, 0) is 61.7 Å². The van der Waals surface area contributed by atoms with E-state index in [0.29, 0.717) is 41.3 Å². The third-order valence-electron chi connectivity index (χ3n) is 6.95. The van der Waals surface area contributed by atoms with Crippen molar-refractivity contribution in [1.82, 2.24) is 10.2 Å². The second-order valence-corrected chi connectivity index (χ2v) is 12.6. The van der Waals surface area contributed by atoms with Crippen molar-refractivity contribution in [2.45, 2.75) is 30.9 Å². The summed E-state index contributed by atoms with van der Waals surface area (Å²) in [6.45, 7) is 0.303. The molecule has 4 amide bonds. The number of ether oxygens (including phenoxy) is 1. The van der Waals surface area contributed by atoms with Crippen LogP contribution in [0.15, 0.2) is 42.5 Å². The number of fused-ring (bicyclic) bond motifs is 2. The Morgan fingerprint density at radius 2 is 1.93 bits per heavy atom. The molecule has 14 heteroatoms. The van der Waals surface area contributed by atoms with E-state index in [1.807, 2.05) is 0 Å². The second kappa shape index (κ2) is 11.3. The number of benzene rings is 2. The van der Waals surface area contributed by atoms with Crippen LogP contribution in [0.1, 0.15) is 35.2 Å².